The zero-order valence-corrected chi connectivity index (χ0v) is 18.0. The van der Waals surface area contributed by atoms with Crippen molar-refractivity contribution < 1.29 is 15.3 Å². The van der Waals surface area contributed by atoms with Gasteiger partial charge in [-0.25, -0.2) is 0 Å². The Bertz CT molecular complexity index is 560. The van der Waals surface area contributed by atoms with Crippen LogP contribution in [0.3, 0.4) is 0 Å². The van der Waals surface area contributed by atoms with Gasteiger partial charge >= 0.3 is 0 Å². The summed E-state index contributed by atoms with van der Waals surface area (Å²) in [6.45, 7) is 9.78. The zero-order valence-electron chi connectivity index (χ0n) is 18.0. The van der Waals surface area contributed by atoms with Gasteiger partial charge in [0.25, 0.3) is 0 Å². The molecule has 0 heterocycles. The minimum atomic E-state index is -1.88. The van der Waals surface area contributed by atoms with Crippen LogP contribution in [0.4, 0.5) is 0 Å². The molecule has 4 aliphatic rings. The maximum atomic E-state index is 10.4. The van der Waals surface area contributed by atoms with E-state index in [9.17, 15) is 15.3 Å². The Kier molecular flexibility index (Phi) is 5.01. The first-order valence-electron chi connectivity index (χ1n) is 11.8. The summed E-state index contributed by atoms with van der Waals surface area (Å²) in [5, 5.41) is 30.9. The maximum absolute atomic E-state index is 10.4. The predicted octanol–water partition coefficient (Wildman–Crippen LogP) is 4.73. The van der Waals surface area contributed by atoms with Gasteiger partial charge in [-0.05, 0) is 91.3 Å². The Morgan fingerprint density at radius 3 is 2.33 bits per heavy atom. The molecule has 9 atom stereocenters. The largest absolute Gasteiger partial charge is 0.388 e. The lowest BCUT2D eigenvalue weighted by Gasteiger charge is -2.62. The topological polar surface area (TPSA) is 60.7 Å². The summed E-state index contributed by atoms with van der Waals surface area (Å²) in [5.74, 6) is 2.46. The van der Waals surface area contributed by atoms with Crippen molar-refractivity contribution in [3.63, 3.8) is 0 Å². The van der Waals surface area contributed by atoms with Gasteiger partial charge in [0.2, 0.25) is 0 Å². The van der Waals surface area contributed by atoms with E-state index >= 15 is 0 Å². The average Bonchev–Trinajstić information content (AvgIpc) is 2.94. The molecule has 0 saturated heterocycles. The van der Waals surface area contributed by atoms with E-state index in [-0.39, 0.29) is 5.41 Å². The van der Waals surface area contributed by atoms with Crippen molar-refractivity contribution in [2.24, 2.45) is 46.3 Å². The second kappa shape index (κ2) is 6.71. The van der Waals surface area contributed by atoms with Crippen molar-refractivity contribution in [2.45, 2.75) is 104 Å². The predicted molar refractivity (Wildman–Crippen MR) is 108 cm³/mol. The van der Waals surface area contributed by atoms with Crippen molar-refractivity contribution in [3.05, 3.63) is 0 Å². The molecular formula is C24H42O3. The summed E-state index contributed by atoms with van der Waals surface area (Å²) < 4.78 is 0. The van der Waals surface area contributed by atoms with Crippen LogP contribution in [-0.4, -0.2) is 27.2 Å². The van der Waals surface area contributed by atoms with Gasteiger partial charge < -0.3 is 15.3 Å². The molecule has 0 bridgehead atoms. The van der Waals surface area contributed by atoms with Crippen LogP contribution in [-0.2, 0) is 0 Å². The number of aliphatic hydroxyl groups excluding tert-OH is 1. The first-order chi connectivity index (χ1) is 12.6. The van der Waals surface area contributed by atoms with Gasteiger partial charge in [0, 0.05) is 6.42 Å². The highest BCUT2D eigenvalue weighted by molar-refractivity contribution is 5.11. The number of hydrogen-bond acceptors (Lipinski definition) is 3. The van der Waals surface area contributed by atoms with Crippen LogP contribution >= 0.6 is 0 Å². The van der Waals surface area contributed by atoms with E-state index in [1.54, 1.807) is 0 Å². The third kappa shape index (κ3) is 2.94. The van der Waals surface area contributed by atoms with E-state index in [4.69, 9.17) is 0 Å². The fourth-order valence-corrected chi connectivity index (χ4v) is 8.90. The van der Waals surface area contributed by atoms with Crippen LogP contribution in [0, 0.1) is 46.3 Å². The third-order valence-electron chi connectivity index (χ3n) is 10.3. The third-order valence-corrected chi connectivity index (χ3v) is 10.3. The number of aliphatic hydroxyl groups is 3. The number of fused-ring (bicyclic) bond motifs is 5. The first kappa shape index (κ1) is 20.2. The molecular weight excluding hydrogens is 336 g/mol. The van der Waals surface area contributed by atoms with Crippen LogP contribution < -0.4 is 0 Å². The van der Waals surface area contributed by atoms with Gasteiger partial charge in [-0.15, -0.1) is 0 Å². The van der Waals surface area contributed by atoms with Crippen molar-refractivity contribution in [2.75, 3.05) is 0 Å². The molecule has 3 N–H and O–H groups in total. The van der Waals surface area contributed by atoms with Gasteiger partial charge in [0.1, 0.15) is 6.10 Å². The van der Waals surface area contributed by atoms with Crippen molar-refractivity contribution in [1.82, 2.24) is 0 Å². The van der Waals surface area contributed by atoms with Gasteiger partial charge in [0.15, 0.2) is 5.79 Å². The lowest BCUT2D eigenvalue weighted by Crippen LogP contribution is -2.60. The highest BCUT2D eigenvalue weighted by atomic mass is 16.5. The van der Waals surface area contributed by atoms with Gasteiger partial charge in [-0.1, -0.05) is 40.5 Å². The quantitative estimate of drug-likeness (QED) is 0.622. The van der Waals surface area contributed by atoms with Crippen molar-refractivity contribution >= 4 is 0 Å². The molecule has 4 rings (SSSR count). The van der Waals surface area contributed by atoms with E-state index in [0.717, 1.165) is 30.1 Å². The molecule has 2 unspecified atom stereocenters. The maximum Gasteiger partial charge on any atom is 0.189 e. The SMILES string of the molecule is CCC[C@@H](C)[C@H]1CC[C@H]2[C@@H]3CCC4CC(O)(O)C(O)C[C@]4(C)[C@H]3CC[C@]12C. The van der Waals surface area contributed by atoms with Gasteiger partial charge in [-0.2, -0.15) is 0 Å². The molecule has 27 heavy (non-hydrogen) atoms. The van der Waals surface area contributed by atoms with E-state index < -0.39 is 11.9 Å². The molecule has 3 heteroatoms. The number of hydrogen-bond donors (Lipinski definition) is 3. The van der Waals surface area contributed by atoms with E-state index in [1.807, 2.05) is 0 Å². The molecule has 0 spiro atoms. The lowest BCUT2D eigenvalue weighted by molar-refractivity contribution is -0.284. The molecule has 4 saturated carbocycles. The molecule has 0 radical (unpaired) electrons. The van der Waals surface area contributed by atoms with Crippen LogP contribution in [0.25, 0.3) is 0 Å². The van der Waals surface area contributed by atoms with Gasteiger partial charge in [-0.3, -0.25) is 0 Å². The molecule has 0 aromatic rings. The normalized spacial score (nSPS) is 52.6. The second-order valence-corrected chi connectivity index (χ2v) is 11.5. The van der Waals surface area contributed by atoms with Crippen LogP contribution in [0.5, 0.6) is 0 Å². The molecule has 4 aliphatic carbocycles. The fraction of sp³-hybridized carbons (Fsp3) is 1.00. The zero-order chi connectivity index (χ0) is 19.6. The fourth-order valence-electron chi connectivity index (χ4n) is 8.90. The standard InChI is InChI=1S/C24H42O3/c1-5-6-15(2)18-9-10-19-17-8-7-16-13-24(26,27)21(25)14-23(16,4)20(17)11-12-22(18,19)3/h15-21,25-27H,5-14H2,1-4H3/t15-,16?,17+,18-,19+,20+,21?,22-,23+/m1/s1. The minimum Gasteiger partial charge on any atom is -0.388 e. The Morgan fingerprint density at radius 2 is 1.63 bits per heavy atom. The number of rotatable bonds is 3. The highest BCUT2D eigenvalue weighted by Crippen LogP contribution is 2.68. The Labute approximate surface area is 165 Å². The molecule has 4 fully saturated rings. The molecule has 0 aromatic carbocycles. The minimum absolute atomic E-state index is 0.0751. The highest BCUT2D eigenvalue weighted by Gasteiger charge is 2.62. The molecule has 0 aliphatic heterocycles. The summed E-state index contributed by atoms with van der Waals surface area (Å²) in [4.78, 5) is 0. The summed E-state index contributed by atoms with van der Waals surface area (Å²) in [6, 6.07) is 0. The van der Waals surface area contributed by atoms with E-state index in [1.165, 1.54) is 44.9 Å². The van der Waals surface area contributed by atoms with Crippen LogP contribution in [0.15, 0.2) is 0 Å². The summed E-state index contributed by atoms with van der Waals surface area (Å²) in [6.07, 6.45) is 10.4. The summed E-state index contributed by atoms with van der Waals surface area (Å²) in [5.41, 5.74) is 0.579. The summed E-state index contributed by atoms with van der Waals surface area (Å²) in [7, 11) is 0. The monoisotopic (exact) mass is 378 g/mol. The van der Waals surface area contributed by atoms with E-state index in [0.29, 0.717) is 30.1 Å². The smallest absolute Gasteiger partial charge is 0.189 e. The Hall–Kier alpha value is -0.120. The molecule has 0 aromatic heterocycles. The molecule has 3 nitrogen and oxygen atoms in total. The average molecular weight is 379 g/mol. The molecule has 0 amide bonds. The lowest BCUT2D eigenvalue weighted by atomic mass is 9.44. The van der Waals surface area contributed by atoms with Crippen molar-refractivity contribution in [1.29, 1.82) is 0 Å². The van der Waals surface area contributed by atoms with Crippen LogP contribution in [0.2, 0.25) is 0 Å². The summed E-state index contributed by atoms with van der Waals surface area (Å²) >= 11 is 0. The van der Waals surface area contributed by atoms with Gasteiger partial charge in [0.05, 0.1) is 0 Å². The van der Waals surface area contributed by atoms with Crippen LogP contribution in [0.1, 0.15) is 91.9 Å². The Balaban J connectivity index is 1.57. The molecule has 156 valence electrons. The second-order valence-electron chi connectivity index (χ2n) is 11.5. The van der Waals surface area contributed by atoms with E-state index in [2.05, 4.69) is 27.7 Å². The Morgan fingerprint density at radius 1 is 0.926 bits per heavy atom. The van der Waals surface area contributed by atoms with Crippen molar-refractivity contribution in [3.8, 4) is 0 Å². The first-order valence-corrected chi connectivity index (χ1v) is 11.8.